The van der Waals surface area contributed by atoms with Crippen molar-refractivity contribution in [3.8, 4) is 0 Å². The number of hydrogen-bond acceptors (Lipinski definition) is 2. The van der Waals surface area contributed by atoms with E-state index in [1.54, 1.807) is 4.90 Å². The maximum Gasteiger partial charge on any atom is 0.257 e. The van der Waals surface area contributed by atoms with E-state index in [1.165, 1.54) is 12.3 Å². The van der Waals surface area contributed by atoms with Crippen molar-refractivity contribution in [1.82, 2.24) is 9.88 Å². The molecule has 0 aliphatic rings. The molecule has 0 aliphatic carbocycles. The van der Waals surface area contributed by atoms with Crippen LogP contribution in [-0.2, 0) is 6.54 Å². The minimum atomic E-state index is -0.587. The second-order valence-electron chi connectivity index (χ2n) is 4.87. The molecule has 2 rings (SSSR count). The van der Waals surface area contributed by atoms with E-state index in [9.17, 15) is 9.18 Å². The van der Waals surface area contributed by atoms with E-state index in [0.717, 1.165) is 11.8 Å². The molecule has 0 N–H and O–H groups in total. The zero-order valence-electron chi connectivity index (χ0n) is 11.6. The van der Waals surface area contributed by atoms with Crippen molar-refractivity contribution < 1.29 is 9.18 Å². The van der Waals surface area contributed by atoms with Gasteiger partial charge in [-0.3, -0.25) is 9.78 Å². The maximum atomic E-state index is 13.7. The molecular formula is C16H17FN2O. The highest BCUT2D eigenvalue weighted by Crippen LogP contribution is 2.15. The fraction of sp³-hybridized carbons (Fsp3) is 0.250. The topological polar surface area (TPSA) is 33.2 Å². The Balaban J connectivity index is 2.25. The predicted molar refractivity (Wildman–Crippen MR) is 75.6 cm³/mol. The number of carbonyl (C=O) groups is 1. The van der Waals surface area contributed by atoms with Crippen LogP contribution in [0.1, 0.15) is 29.8 Å². The molecule has 20 heavy (non-hydrogen) atoms. The van der Waals surface area contributed by atoms with Crippen molar-refractivity contribution in [3.05, 3.63) is 65.7 Å². The van der Waals surface area contributed by atoms with Crippen LogP contribution in [0.2, 0.25) is 0 Å². The number of pyridine rings is 1. The largest absolute Gasteiger partial charge is 0.332 e. The zero-order chi connectivity index (χ0) is 14.5. The predicted octanol–water partition coefficient (Wildman–Crippen LogP) is 3.27. The van der Waals surface area contributed by atoms with Gasteiger partial charge in [-0.05, 0) is 25.5 Å². The number of aromatic nitrogens is 1. The van der Waals surface area contributed by atoms with Gasteiger partial charge in [0.2, 0.25) is 0 Å². The molecule has 0 aliphatic heterocycles. The molecule has 1 aromatic heterocycles. The minimum Gasteiger partial charge on any atom is -0.332 e. The highest BCUT2D eigenvalue weighted by atomic mass is 19.1. The van der Waals surface area contributed by atoms with Crippen LogP contribution in [0.3, 0.4) is 0 Å². The standard InChI is InChI=1S/C16H17FN2O/c1-12(2)19(11-13-6-4-3-5-7-13)16(20)14-8-9-18-10-15(14)17/h3-10,12H,11H2,1-2H3. The van der Waals surface area contributed by atoms with Gasteiger partial charge in [0.05, 0.1) is 11.8 Å². The molecule has 2 aromatic rings. The van der Waals surface area contributed by atoms with Crippen molar-refractivity contribution in [2.24, 2.45) is 0 Å². The van der Waals surface area contributed by atoms with Crippen LogP contribution < -0.4 is 0 Å². The van der Waals surface area contributed by atoms with Gasteiger partial charge in [0.15, 0.2) is 5.82 Å². The third-order valence-corrected chi connectivity index (χ3v) is 3.08. The summed E-state index contributed by atoms with van der Waals surface area (Å²) in [7, 11) is 0. The smallest absolute Gasteiger partial charge is 0.257 e. The van der Waals surface area contributed by atoms with Gasteiger partial charge in [0.25, 0.3) is 5.91 Å². The molecule has 0 fully saturated rings. The van der Waals surface area contributed by atoms with Crippen LogP contribution in [0.4, 0.5) is 4.39 Å². The third kappa shape index (κ3) is 3.20. The van der Waals surface area contributed by atoms with Gasteiger partial charge in [0, 0.05) is 18.8 Å². The second-order valence-corrected chi connectivity index (χ2v) is 4.87. The summed E-state index contributed by atoms with van der Waals surface area (Å²) in [6.07, 6.45) is 2.49. The highest BCUT2D eigenvalue weighted by molar-refractivity contribution is 5.94. The summed E-state index contributed by atoms with van der Waals surface area (Å²) in [5.41, 5.74) is 1.08. The fourth-order valence-electron chi connectivity index (χ4n) is 1.97. The van der Waals surface area contributed by atoms with E-state index in [1.807, 2.05) is 44.2 Å². The van der Waals surface area contributed by atoms with Gasteiger partial charge in [-0.25, -0.2) is 4.39 Å². The van der Waals surface area contributed by atoms with E-state index in [4.69, 9.17) is 0 Å². The summed E-state index contributed by atoms with van der Waals surface area (Å²) < 4.78 is 13.7. The number of nitrogens with zero attached hydrogens (tertiary/aromatic N) is 2. The lowest BCUT2D eigenvalue weighted by atomic mass is 10.1. The van der Waals surface area contributed by atoms with E-state index in [-0.39, 0.29) is 17.5 Å². The van der Waals surface area contributed by atoms with Crippen LogP contribution in [0.5, 0.6) is 0 Å². The second kappa shape index (κ2) is 6.28. The van der Waals surface area contributed by atoms with E-state index in [2.05, 4.69) is 4.98 Å². The Morgan fingerprint density at radius 3 is 2.55 bits per heavy atom. The number of halogens is 1. The highest BCUT2D eigenvalue weighted by Gasteiger charge is 2.21. The summed E-state index contributed by atoms with van der Waals surface area (Å²) >= 11 is 0. The quantitative estimate of drug-likeness (QED) is 0.855. The Hall–Kier alpha value is -2.23. The minimum absolute atomic E-state index is 0.0183. The van der Waals surface area contributed by atoms with E-state index >= 15 is 0 Å². The molecule has 0 atom stereocenters. The van der Waals surface area contributed by atoms with Crippen LogP contribution >= 0.6 is 0 Å². The van der Waals surface area contributed by atoms with Crippen molar-refractivity contribution in [2.75, 3.05) is 0 Å². The molecule has 3 nitrogen and oxygen atoms in total. The van der Waals surface area contributed by atoms with Gasteiger partial charge in [-0.1, -0.05) is 30.3 Å². The summed E-state index contributed by atoms with van der Waals surface area (Å²) in [6.45, 7) is 4.29. The normalized spacial score (nSPS) is 10.6. The van der Waals surface area contributed by atoms with Crippen LogP contribution in [0, 0.1) is 5.82 Å². The first kappa shape index (κ1) is 14.2. The summed E-state index contributed by atoms with van der Waals surface area (Å²) in [5.74, 6) is -0.903. The van der Waals surface area contributed by atoms with Gasteiger partial charge in [-0.15, -0.1) is 0 Å². The van der Waals surface area contributed by atoms with Crippen LogP contribution in [0.25, 0.3) is 0 Å². The Morgan fingerprint density at radius 2 is 1.95 bits per heavy atom. The molecule has 1 aromatic carbocycles. The SMILES string of the molecule is CC(C)N(Cc1ccccc1)C(=O)c1ccncc1F. The van der Waals surface area contributed by atoms with E-state index in [0.29, 0.717) is 6.54 Å². The molecular weight excluding hydrogens is 255 g/mol. The molecule has 104 valence electrons. The number of carbonyl (C=O) groups excluding carboxylic acids is 1. The zero-order valence-corrected chi connectivity index (χ0v) is 11.6. The number of amides is 1. The van der Waals surface area contributed by atoms with Crippen molar-refractivity contribution in [2.45, 2.75) is 26.4 Å². The Kier molecular flexibility index (Phi) is 4.45. The van der Waals surface area contributed by atoms with Gasteiger partial charge in [0.1, 0.15) is 0 Å². The number of rotatable bonds is 4. The maximum absolute atomic E-state index is 13.7. The summed E-state index contributed by atoms with van der Waals surface area (Å²) in [6, 6.07) is 11.1. The van der Waals surface area contributed by atoms with Crippen molar-refractivity contribution in [1.29, 1.82) is 0 Å². The average molecular weight is 272 g/mol. The van der Waals surface area contributed by atoms with Gasteiger partial charge >= 0.3 is 0 Å². The van der Waals surface area contributed by atoms with Crippen LogP contribution in [0.15, 0.2) is 48.8 Å². The number of benzene rings is 1. The Labute approximate surface area is 118 Å². The molecule has 4 heteroatoms. The lowest BCUT2D eigenvalue weighted by Crippen LogP contribution is -2.36. The summed E-state index contributed by atoms with van der Waals surface area (Å²) in [4.78, 5) is 17.8. The Morgan fingerprint density at radius 1 is 1.25 bits per heavy atom. The third-order valence-electron chi connectivity index (χ3n) is 3.08. The first-order valence-corrected chi connectivity index (χ1v) is 6.54. The van der Waals surface area contributed by atoms with Gasteiger partial charge in [-0.2, -0.15) is 0 Å². The van der Waals surface area contributed by atoms with E-state index < -0.39 is 5.82 Å². The lowest BCUT2D eigenvalue weighted by Gasteiger charge is -2.27. The average Bonchev–Trinajstić information content (AvgIpc) is 2.45. The number of hydrogen-bond donors (Lipinski definition) is 0. The Bertz CT molecular complexity index is 584. The molecule has 0 bridgehead atoms. The molecule has 1 heterocycles. The molecule has 0 spiro atoms. The molecule has 0 radical (unpaired) electrons. The monoisotopic (exact) mass is 272 g/mol. The molecule has 0 saturated carbocycles. The summed E-state index contributed by atoms with van der Waals surface area (Å²) in [5, 5.41) is 0. The first-order valence-electron chi connectivity index (χ1n) is 6.54. The van der Waals surface area contributed by atoms with Gasteiger partial charge < -0.3 is 4.90 Å². The molecule has 0 saturated heterocycles. The molecule has 0 unspecified atom stereocenters. The molecule has 1 amide bonds. The fourth-order valence-corrected chi connectivity index (χ4v) is 1.97. The van der Waals surface area contributed by atoms with Crippen molar-refractivity contribution in [3.63, 3.8) is 0 Å². The first-order chi connectivity index (χ1) is 9.59. The van der Waals surface area contributed by atoms with Crippen molar-refractivity contribution >= 4 is 5.91 Å². The lowest BCUT2D eigenvalue weighted by molar-refractivity contribution is 0.0685. The van der Waals surface area contributed by atoms with Crippen LogP contribution in [-0.4, -0.2) is 21.8 Å².